The number of rotatable bonds is 4. The second kappa shape index (κ2) is 7.91. The van der Waals surface area contributed by atoms with Gasteiger partial charge in [-0.1, -0.05) is 24.3 Å². The van der Waals surface area contributed by atoms with Crippen LogP contribution in [0.15, 0.2) is 46.9 Å². The Labute approximate surface area is 157 Å². The molecule has 4 nitrogen and oxygen atoms in total. The number of likely N-dealkylation sites (N-methyl/N-ethyl adjacent to an activating group) is 1. The molecular formula is C20H23BrN2O2. The summed E-state index contributed by atoms with van der Waals surface area (Å²) in [5.41, 5.74) is 3.56. The highest BCUT2D eigenvalue weighted by molar-refractivity contribution is 9.10. The number of benzene rings is 2. The van der Waals surface area contributed by atoms with Crippen LogP contribution in [-0.4, -0.2) is 38.1 Å². The summed E-state index contributed by atoms with van der Waals surface area (Å²) >= 11 is 3.50. The van der Waals surface area contributed by atoms with Crippen molar-refractivity contribution in [2.45, 2.75) is 19.4 Å². The number of para-hydroxylation sites is 1. The number of hydrogen-bond donors (Lipinski definition) is 0. The minimum absolute atomic E-state index is 0.206. The molecule has 0 spiro atoms. The lowest BCUT2D eigenvalue weighted by molar-refractivity contribution is -0.131. The van der Waals surface area contributed by atoms with E-state index in [2.05, 4.69) is 40.0 Å². The Morgan fingerprint density at radius 2 is 2.00 bits per heavy atom. The number of fused-ring (bicyclic) bond motifs is 1. The third-order valence-electron chi connectivity index (χ3n) is 4.67. The van der Waals surface area contributed by atoms with Crippen LogP contribution in [0.4, 0.5) is 5.69 Å². The average Bonchev–Trinajstić information content (AvgIpc) is 2.79. The molecule has 132 valence electrons. The third kappa shape index (κ3) is 4.15. The van der Waals surface area contributed by atoms with Crippen LogP contribution in [0, 0.1) is 0 Å². The number of amides is 1. The summed E-state index contributed by atoms with van der Waals surface area (Å²) in [6, 6.07) is 14.3. The second-order valence-corrected chi connectivity index (χ2v) is 7.19. The van der Waals surface area contributed by atoms with E-state index >= 15 is 0 Å². The van der Waals surface area contributed by atoms with E-state index in [0.717, 1.165) is 35.3 Å². The van der Waals surface area contributed by atoms with Gasteiger partial charge in [-0.2, -0.15) is 0 Å². The van der Waals surface area contributed by atoms with Crippen LogP contribution in [0.3, 0.4) is 0 Å². The number of nitrogens with zero attached hydrogens (tertiary/aromatic N) is 2. The molecule has 0 aliphatic carbocycles. The van der Waals surface area contributed by atoms with Crippen molar-refractivity contribution >= 4 is 27.5 Å². The van der Waals surface area contributed by atoms with E-state index in [1.54, 1.807) is 7.11 Å². The lowest BCUT2D eigenvalue weighted by Gasteiger charge is -2.21. The predicted molar refractivity (Wildman–Crippen MR) is 104 cm³/mol. The molecule has 0 saturated heterocycles. The summed E-state index contributed by atoms with van der Waals surface area (Å²) in [4.78, 5) is 16.9. The molecule has 0 fully saturated rings. The van der Waals surface area contributed by atoms with Gasteiger partial charge in [0.2, 0.25) is 5.91 Å². The highest BCUT2D eigenvalue weighted by Crippen LogP contribution is 2.27. The van der Waals surface area contributed by atoms with E-state index in [-0.39, 0.29) is 5.91 Å². The third-order valence-corrected chi connectivity index (χ3v) is 5.29. The molecular weight excluding hydrogens is 380 g/mol. The van der Waals surface area contributed by atoms with Crippen LogP contribution in [0.5, 0.6) is 5.75 Å². The molecule has 0 aromatic heterocycles. The maximum absolute atomic E-state index is 12.7. The van der Waals surface area contributed by atoms with Gasteiger partial charge in [0.05, 0.1) is 11.6 Å². The van der Waals surface area contributed by atoms with E-state index in [1.165, 1.54) is 11.3 Å². The molecule has 2 aromatic carbocycles. The Kier molecular flexibility index (Phi) is 5.63. The topological polar surface area (TPSA) is 32.8 Å². The van der Waals surface area contributed by atoms with Crippen molar-refractivity contribution in [1.29, 1.82) is 0 Å². The smallest absolute Gasteiger partial charge is 0.223 e. The van der Waals surface area contributed by atoms with E-state index in [0.29, 0.717) is 13.0 Å². The van der Waals surface area contributed by atoms with Crippen LogP contribution in [0.2, 0.25) is 0 Å². The number of carbonyl (C=O) groups excluding carboxylic acids is 1. The molecule has 1 heterocycles. The van der Waals surface area contributed by atoms with Crippen molar-refractivity contribution in [2.75, 3.05) is 32.1 Å². The van der Waals surface area contributed by atoms with Gasteiger partial charge in [-0.05, 0) is 51.7 Å². The monoisotopic (exact) mass is 402 g/mol. The molecule has 0 radical (unpaired) electrons. The molecule has 1 aliphatic rings. The molecule has 0 bridgehead atoms. The highest BCUT2D eigenvalue weighted by atomic mass is 79.9. The van der Waals surface area contributed by atoms with Crippen LogP contribution < -0.4 is 9.64 Å². The van der Waals surface area contributed by atoms with Crippen molar-refractivity contribution in [3.8, 4) is 5.75 Å². The zero-order valence-corrected chi connectivity index (χ0v) is 16.3. The molecule has 1 amide bonds. The lowest BCUT2D eigenvalue weighted by atomic mass is 10.1. The Morgan fingerprint density at radius 3 is 2.76 bits per heavy atom. The molecule has 0 N–H and O–H groups in total. The minimum Gasteiger partial charge on any atom is -0.496 e. The SMILES string of the molecule is COc1ccc(CCC(=O)N2CCN(C)c3ccccc3C2)cc1Br. The van der Waals surface area contributed by atoms with Gasteiger partial charge < -0.3 is 14.5 Å². The van der Waals surface area contributed by atoms with E-state index in [4.69, 9.17) is 4.74 Å². The number of ether oxygens (including phenoxy) is 1. The molecule has 5 heteroatoms. The summed E-state index contributed by atoms with van der Waals surface area (Å²) in [6.45, 7) is 2.30. The molecule has 25 heavy (non-hydrogen) atoms. The number of halogens is 1. The number of aryl methyl sites for hydroxylation is 1. The lowest BCUT2D eigenvalue weighted by Crippen LogP contribution is -2.34. The zero-order valence-electron chi connectivity index (χ0n) is 14.7. The molecule has 2 aromatic rings. The van der Waals surface area contributed by atoms with Gasteiger partial charge in [0.25, 0.3) is 0 Å². The number of hydrogen-bond acceptors (Lipinski definition) is 3. The second-order valence-electron chi connectivity index (χ2n) is 6.33. The van der Waals surface area contributed by atoms with Crippen molar-refractivity contribution < 1.29 is 9.53 Å². The van der Waals surface area contributed by atoms with Crippen molar-refractivity contribution in [2.24, 2.45) is 0 Å². The number of anilines is 1. The van der Waals surface area contributed by atoms with Crippen LogP contribution in [0.25, 0.3) is 0 Å². The summed E-state index contributed by atoms with van der Waals surface area (Å²) in [5, 5.41) is 0. The fraction of sp³-hybridized carbons (Fsp3) is 0.350. The Hall–Kier alpha value is -2.01. The molecule has 0 unspecified atom stereocenters. The largest absolute Gasteiger partial charge is 0.496 e. The maximum Gasteiger partial charge on any atom is 0.223 e. The molecule has 3 rings (SSSR count). The van der Waals surface area contributed by atoms with Crippen molar-refractivity contribution in [1.82, 2.24) is 4.90 Å². The average molecular weight is 403 g/mol. The Bertz CT molecular complexity index is 763. The van der Waals surface area contributed by atoms with Gasteiger partial charge in [-0.3, -0.25) is 4.79 Å². The first-order valence-corrected chi connectivity index (χ1v) is 9.27. The Morgan fingerprint density at radius 1 is 1.20 bits per heavy atom. The highest BCUT2D eigenvalue weighted by Gasteiger charge is 2.20. The first kappa shape index (κ1) is 17.8. The standard InChI is InChI=1S/C20H23BrN2O2/c1-22-11-12-23(14-16-5-3-4-6-18(16)22)20(24)10-8-15-7-9-19(25-2)17(21)13-15/h3-7,9,13H,8,10-12,14H2,1-2H3. The van der Waals surface area contributed by atoms with Crippen molar-refractivity contribution in [3.05, 3.63) is 58.1 Å². The molecule has 0 atom stereocenters. The normalized spacial score (nSPS) is 14.0. The fourth-order valence-corrected chi connectivity index (χ4v) is 3.77. The minimum atomic E-state index is 0.206. The number of methoxy groups -OCH3 is 1. The molecule has 1 aliphatic heterocycles. The summed E-state index contributed by atoms with van der Waals surface area (Å²) in [5.74, 6) is 1.01. The quantitative estimate of drug-likeness (QED) is 0.777. The fourth-order valence-electron chi connectivity index (χ4n) is 3.18. The molecule has 0 saturated carbocycles. The first-order chi connectivity index (χ1) is 12.1. The zero-order chi connectivity index (χ0) is 17.8. The summed E-state index contributed by atoms with van der Waals surface area (Å²) in [7, 11) is 3.74. The predicted octanol–water partition coefficient (Wildman–Crippen LogP) is 3.87. The number of carbonyl (C=O) groups is 1. The Balaban J connectivity index is 1.65. The van der Waals surface area contributed by atoms with Crippen LogP contribution >= 0.6 is 15.9 Å². The van der Waals surface area contributed by atoms with Gasteiger partial charge in [0.15, 0.2) is 0 Å². The van der Waals surface area contributed by atoms with Crippen LogP contribution in [-0.2, 0) is 17.8 Å². The van der Waals surface area contributed by atoms with E-state index in [1.807, 2.05) is 35.2 Å². The summed E-state index contributed by atoms with van der Waals surface area (Å²) < 4.78 is 6.17. The van der Waals surface area contributed by atoms with Gasteiger partial charge in [0.1, 0.15) is 5.75 Å². The van der Waals surface area contributed by atoms with E-state index < -0.39 is 0 Å². The van der Waals surface area contributed by atoms with Crippen molar-refractivity contribution in [3.63, 3.8) is 0 Å². The van der Waals surface area contributed by atoms with Gasteiger partial charge in [-0.25, -0.2) is 0 Å². The summed E-state index contributed by atoms with van der Waals surface area (Å²) in [6.07, 6.45) is 1.25. The maximum atomic E-state index is 12.7. The first-order valence-electron chi connectivity index (χ1n) is 8.47. The van der Waals surface area contributed by atoms with Gasteiger partial charge in [0, 0.05) is 38.8 Å². The van der Waals surface area contributed by atoms with E-state index in [9.17, 15) is 4.79 Å². The van der Waals surface area contributed by atoms with Gasteiger partial charge in [-0.15, -0.1) is 0 Å². The van der Waals surface area contributed by atoms with Gasteiger partial charge >= 0.3 is 0 Å². The van der Waals surface area contributed by atoms with Crippen LogP contribution in [0.1, 0.15) is 17.5 Å².